The van der Waals surface area contributed by atoms with Gasteiger partial charge in [0.25, 0.3) is 0 Å². The van der Waals surface area contributed by atoms with E-state index in [4.69, 9.17) is 4.98 Å². The zero-order chi connectivity index (χ0) is 21.1. The van der Waals surface area contributed by atoms with E-state index in [1.165, 1.54) is 43.9 Å². The lowest BCUT2D eigenvalue weighted by Gasteiger charge is -2.09. The normalized spacial score (nSPS) is 13.2. The summed E-state index contributed by atoms with van der Waals surface area (Å²) in [5.41, 5.74) is 9.33. The minimum Gasteiger partial charge on any atom is -0.292 e. The first kappa shape index (κ1) is 17.5. The molecule has 2 heteroatoms. The van der Waals surface area contributed by atoms with Crippen molar-refractivity contribution in [2.24, 2.45) is 0 Å². The summed E-state index contributed by atoms with van der Waals surface area (Å²) in [5, 5.41) is 3.69. The highest BCUT2D eigenvalue weighted by molar-refractivity contribution is 6.13. The van der Waals surface area contributed by atoms with Gasteiger partial charge in [0.1, 0.15) is 5.65 Å². The van der Waals surface area contributed by atoms with Crippen molar-refractivity contribution >= 4 is 50.5 Å². The minimum absolute atomic E-state index is 0.985. The summed E-state index contributed by atoms with van der Waals surface area (Å²) in [5.74, 6) is 0. The highest BCUT2D eigenvalue weighted by atomic mass is 15.0. The molecular weight excluding hydrogens is 388 g/mol. The van der Waals surface area contributed by atoms with Gasteiger partial charge in [-0.1, -0.05) is 85.0 Å². The Balaban J connectivity index is 1.51. The molecule has 2 heterocycles. The lowest BCUT2D eigenvalue weighted by Crippen LogP contribution is -1.91. The zero-order valence-electron chi connectivity index (χ0n) is 17.5. The maximum Gasteiger partial charge on any atom is 0.146 e. The summed E-state index contributed by atoms with van der Waals surface area (Å²) in [6.07, 6.45) is 9.84. The van der Waals surface area contributed by atoms with E-state index in [1.54, 1.807) is 0 Å². The molecule has 1 aliphatic carbocycles. The first-order valence-corrected chi connectivity index (χ1v) is 11.1. The Morgan fingerprint density at radius 3 is 2.22 bits per heavy atom. The van der Waals surface area contributed by atoms with Crippen LogP contribution in [-0.4, -0.2) is 9.38 Å². The Hall–Kier alpha value is -4.17. The van der Waals surface area contributed by atoms with Crippen molar-refractivity contribution in [3.8, 4) is 11.1 Å². The number of nitrogens with zero attached hydrogens (tertiary/aromatic N) is 2. The molecule has 2 aromatic heterocycles. The van der Waals surface area contributed by atoms with Gasteiger partial charge in [0.05, 0.1) is 16.6 Å². The van der Waals surface area contributed by atoms with E-state index in [-0.39, 0.29) is 0 Å². The molecule has 32 heavy (non-hydrogen) atoms. The minimum atomic E-state index is 0.985. The maximum absolute atomic E-state index is 5.12. The quantitative estimate of drug-likeness (QED) is 0.253. The molecule has 0 atom stereocenters. The third-order valence-corrected chi connectivity index (χ3v) is 6.54. The van der Waals surface area contributed by atoms with Crippen LogP contribution in [0.15, 0.2) is 97.1 Å². The number of para-hydroxylation sites is 1. The summed E-state index contributed by atoms with van der Waals surface area (Å²) >= 11 is 0. The van der Waals surface area contributed by atoms with Crippen LogP contribution in [0.1, 0.15) is 17.5 Å². The van der Waals surface area contributed by atoms with Gasteiger partial charge in [-0.05, 0) is 58.3 Å². The number of pyridine rings is 1. The average molecular weight is 409 g/mol. The number of hydrogen-bond acceptors (Lipinski definition) is 1. The molecule has 0 unspecified atom stereocenters. The van der Waals surface area contributed by atoms with Crippen molar-refractivity contribution < 1.29 is 0 Å². The monoisotopic (exact) mass is 408 g/mol. The van der Waals surface area contributed by atoms with Crippen molar-refractivity contribution in [3.63, 3.8) is 0 Å². The molecule has 6 aromatic rings. The Morgan fingerprint density at radius 2 is 1.31 bits per heavy atom. The summed E-state index contributed by atoms with van der Waals surface area (Å²) in [6.45, 7) is 0. The third kappa shape index (κ3) is 2.50. The predicted octanol–water partition coefficient (Wildman–Crippen LogP) is 7.89. The number of hydrogen-bond donors (Lipinski definition) is 0. The molecule has 0 radical (unpaired) electrons. The summed E-state index contributed by atoms with van der Waals surface area (Å²) in [7, 11) is 0. The van der Waals surface area contributed by atoms with E-state index in [1.807, 2.05) is 0 Å². The molecule has 0 N–H and O–H groups in total. The fraction of sp³-hybridized carbons (Fsp3) is 0.0333. The maximum atomic E-state index is 5.12. The zero-order valence-corrected chi connectivity index (χ0v) is 17.5. The average Bonchev–Trinajstić information content (AvgIpc) is 3.07. The second-order valence-electron chi connectivity index (χ2n) is 8.42. The summed E-state index contributed by atoms with van der Waals surface area (Å²) in [4.78, 5) is 5.12. The predicted molar refractivity (Wildman–Crippen MR) is 136 cm³/mol. The number of fused-ring (bicyclic) bond motifs is 9. The number of allylic oxidation sites excluding steroid dienone is 2. The van der Waals surface area contributed by atoms with Gasteiger partial charge in [-0.25, -0.2) is 4.98 Å². The van der Waals surface area contributed by atoms with Crippen LogP contribution in [0.25, 0.3) is 61.6 Å². The van der Waals surface area contributed by atoms with Crippen LogP contribution < -0.4 is 0 Å². The first-order valence-electron chi connectivity index (χ1n) is 11.1. The van der Waals surface area contributed by atoms with Crippen molar-refractivity contribution in [2.45, 2.75) is 6.42 Å². The van der Waals surface area contributed by atoms with Crippen molar-refractivity contribution in [1.29, 1.82) is 0 Å². The fourth-order valence-electron chi connectivity index (χ4n) is 5.01. The van der Waals surface area contributed by atoms with E-state index in [0.29, 0.717) is 0 Å². The van der Waals surface area contributed by atoms with Crippen molar-refractivity contribution in [3.05, 3.63) is 108 Å². The Bertz CT molecular complexity index is 1750. The summed E-state index contributed by atoms with van der Waals surface area (Å²) in [6, 6.07) is 30.6. The van der Waals surface area contributed by atoms with Crippen LogP contribution in [0.2, 0.25) is 0 Å². The van der Waals surface area contributed by atoms with Crippen LogP contribution in [0, 0.1) is 0 Å². The molecule has 0 amide bonds. The van der Waals surface area contributed by atoms with Gasteiger partial charge < -0.3 is 0 Å². The molecule has 1 aliphatic rings. The molecule has 0 aliphatic heterocycles. The Labute approximate surface area is 185 Å². The second kappa shape index (κ2) is 6.66. The first-order chi connectivity index (χ1) is 15.9. The smallest absolute Gasteiger partial charge is 0.146 e. The van der Waals surface area contributed by atoms with E-state index < -0.39 is 0 Å². The van der Waals surface area contributed by atoms with Gasteiger partial charge in [-0.15, -0.1) is 0 Å². The number of rotatable bonds is 1. The molecule has 0 saturated heterocycles. The molecule has 4 aromatic carbocycles. The van der Waals surface area contributed by atoms with Gasteiger partial charge in [0.15, 0.2) is 0 Å². The second-order valence-corrected chi connectivity index (χ2v) is 8.42. The van der Waals surface area contributed by atoms with Crippen LogP contribution in [0.3, 0.4) is 0 Å². The fourth-order valence-corrected chi connectivity index (χ4v) is 5.01. The van der Waals surface area contributed by atoms with Crippen molar-refractivity contribution in [1.82, 2.24) is 9.38 Å². The van der Waals surface area contributed by atoms with Crippen LogP contribution in [0.4, 0.5) is 0 Å². The largest absolute Gasteiger partial charge is 0.292 e. The van der Waals surface area contributed by atoms with Gasteiger partial charge in [-0.2, -0.15) is 0 Å². The highest BCUT2D eigenvalue weighted by Crippen LogP contribution is 2.34. The molecule has 150 valence electrons. The van der Waals surface area contributed by atoms with E-state index in [9.17, 15) is 0 Å². The molecule has 7 rings (SSSR count). The Morgan fingerprint density at radius 1 is 0.594 bits per heavy atom. The van der Waals surface area contributed by atoms with Crippen molar-refractivity contribution in [2.75, 3.05) is 0 Å². The van der Waals surface area contributed by atoms with Gasteiger partial charge in [0.2, 0.25) is 0 Å². The number of aromatic nitrogens is 2. The van der Waals surface area contributed by atoms with E-state index >= 15 is 0 Å². The van der Waals surface area contributed by atoms with E-state index in [0.717, 1.165) is 23.1 Å². The molecule has 2 nitrogen and oxygen atoms in total. The Kier molecular flexibility index (Phi) is 3.65. The standard InChI is InChI=1S/C30H20N2/c1-2-8-20-14-15-22(18-21(20)9-3-1)23-16-17-29-27(19-23)31-30-26-12-5-4-10-24(26)25-11-6-7-13-28(25)32(29)30/h2-19H,1H2. The SMILES string of the molecule is C1=Cc2ccc(-c3ccc4c(c3)nc3c5ccccc5c5ccccc5n43)cc2C=CC1. The van der Waals surface area contributed by atoms with Crippen LogP contribution >= 0.6 is 0 Å². The molecule has 0 spiro atoms. The number of benzene rings is 4. The van der Waals surface area contributed by atoms with Gasteiger partial charge in [-0.3, -0.25) is 4.40 Å². The van der Waals surface area contributed by atoms with Crippen LogP contribution in [0.5, 0.6) is 0 Å². The topological polar surface area (TPSA) is 17.3 Å². The number of imidazole rings is 1. The van der Waals surface area contributed by atoms with Gasteiger partial charge in [0, 0.05) is 10.8 Å². The molecular formula is C30H20N2. The molecule has 0 saturated carbocycles. The lowest BCUT2D eigenvalue weighted by molar-refractivity contribution is 1.31. The highest BCUT2D eigenvalue weighted by Gasteiger charge is 2.14. The molecule has 0 fully saturated rings. The third-order valence-electron chi connectivity index (χ3n) is 6.54. The summed E-state index contributed by atoms with van der Waals surface area (Å²) < 4.78 is 2.31. The van der Waals surface area contributed by atoms with E-state index in [2.05, 4.69) is 114 Å². The molecule has 0 bridgehead atoms. The van der Waals surface area contributed by atoms with Crippen LogP contribution in [-0.2, 0) is 0 Å². The lowest BCUT2D eigenvalue weighted by atomic mass is 9.99. The van der Waals surface area contributed by atoms with Gasteiger partial charge >= 0.3 is 0 Å².